The maximum Gasteiger partial charge on any atom is 0.416 e. The fourth-order valence-corrected chi connectivity index (χ4v) is 4.44. The number of aryl methyl sites for hydroxylation is 2. The van der Waals surface area contributed by atoms with Gasteiger partial charge in [-0.1, -0.05) is 18.2 Å². The van der Waals surface area contributed by atoms with E-state index in [4.69, 9.17) is 0 Å². The van der Waals surface area contributed by atoms with E-state index < -0.39 is 17.7 Å². The Labute approximate surface area is 185 Å². The standard InChI is InChI=1S/C24H26F3N3O2/c1-16-6-7-17(2)21(12-16)30-15-18(13-22(30)31)23(32)29-10-8-28(9-11-29)20-5-3-4-19(14-20)24(25,26)27/h3-7,12,14,18H,8-11,13,15H2,1-2H3. The van der Waals surface area contributed by atoms with Crippen LogP contribution in [0.4, 0.5) is 24.5 Å². The third kappa shape index (κ3) is 4.45. The summed E-state index contributed by atoms with van der Waals surface area (Å²) in [6.45, 7) is 6.02. The van der Waals surface area contributed by atoms with E-state index in [0.29, 0.717) is 38.4 Å². The van der Waals surface area contributed by atoms with E-state index in [1.165, 1.54) is 6.07 Å². The molecule has 2 aromatic carbocycles. The van der Waals surface area contributed by atoms with Gasteiger partial charge in [0.2, 0.25) is 11.8 Å². The van der Waals surface area contributed by atoms with Gasteiger partial charge in [-0.05, 0) is 49.2 Å². The van der Waals surface area contributed by atoms with Crippen LogP contribution in [0.5, 0.6) is 0 Å². The van der Waals surface area contributed by atoms with Gasteiger partial charge in [0, 0.05) is 50.5 Å². The van der Waals surface area contributed by atoms with Crippen molar-refractivity contribution >= 4 is 23.2 Å². The Hall–Kier alpha value is -3.03. The first-order valence-electron chi connectivity index (χ1n) is 10.7. The number of benzene rings is 2. The van der Waals surface area contributed by atoms with Crippen LogP contribution < -0.4 is 9.80 Å². The van der Waals surface area contributed by atoms with Crippen molar-refractivity contribution in [3.63, 3.8) is 0 Å². The highest BCUT2D eigenvalue weighted by Crippen LogP contribution is 2.33. The Morgan fingerprint density at radius 2 is 1.72 bits per heavy atom. The second-order valence-electron chi connectivity index (χ2n) is 8.56. The first-order valence-corrected chi connectivity index (χ1v) is 10.7. The molecule has 0 saturated carbocycles. The molecule has 0 radical (unpaired) electrons. The third-order valence-corrected chi connectivity index (χ3v) is 6.26. The van der Waals surface area contributed by atoms with Gasteiger partial charge in [0.25, 0.3) is 0 Å². The van der Waals surface area contributed by atoms with Crippen molar-refractivity contribution in [1.29, 1.82) is 0 Å². The molecule has 4 rings (SSSR count). The molecule has 32 heavy (non-hydrogen) atoms. The van der Waals surface area contributed by atoms with Crippen LogP contribution in [0.2, 0.25) is 0 Å². The van der Waals surface area contributed by atoms with Crippen LogP contribution in [-0.2, 0) is 15.8 Å². The molecule has 5 nitrogen and oxygen atoms in total. The Bertz CT molecular complexity index is 1030. The van der Waals surface area contributed by atoms with E-state index >= 15 is 0 Å². The van der Waals surface area contributed by atoms with Gasteiger partial charge in [-0.15, -0.1) is 0 Å². The van der Waals surface area contributed by atoms with Crippen molar-refractivity contribution in [3.05, 3.63) is 59.2 Å². The summed E-state index contributed by atoms with van der Waals surface area (Å²) >= 11 is 0. The lowest BCUT2D eigenvalue weighted by Crippen LogP contribution is -2.50. The molecule has 2 saturated heterocycles. The SMILES string of the molecule is Cc1ccc(C)c(N2CC(C(=O)N3CCN(c4cccc(C(F)(F)F)c4)CC3)CC2=O)c1. The van der Waals surface area contributed by atoms with Gasteiger partial charge < -0.3 is 14.7 Å². The largest absolute Gasteiger partial charge is 0.416 e. The highest BCUT2D eigenvalue weighted by Gasteiger charge is 2.38. The van der Waals surface area contributed by atoms with Crippen LogP contribution in [0.3, 0.4) is 0 Å². The van der Waals surface area contributed by atoms with Crippen molar-refractivity contribution < 1.29 is 22.8 Å². The molecule has 0 bridgehead atoms. The minimum Gasteiger partial charge on any atom is -0.368 e. The zero-order chi connectivity index (χ0) is 23.0. The number of alkyl halides is 3. The van der Waals surface area contributed by atoms with E-state index in [1.807, 2.05) is 36.9 Å². The Morgan fingerprint density at radius 1 is 1.00 bits per heavy atom. The number of anilines is 2. The minimum absolute atomic E-state index is 0.0559. The lowest BCUT2D eigenvalue weighted by molar-refractivity contribution is -0.137. The van der Waals surface area contributed by atoms with Crippen LogP contribution in [-0.4, -0.2) is 49.4 Å². The monoisotopic (exact) mass is 445 g/mol. The Kier molecular flexibility index (Phi) is 5.88. The maximum absolute atomic E-state index is 13.1. The van der Waals surface area contributed by atoms with Gasteiger partial charge >= 0.3 is 6.18 Å². The summed E-state index contributed by atoms with van der Waals surface area (Å²) in [6, 6.07) is 11.2. The predicted molar refractivity (Wildman–Crippen MR) is 117 cm³/mol. The fraction of sp³-hybridized carbons (Fsp3) is 0.417. The number of rotatable bonds is 3. The van der Waals surface area contributed by atoms with Gasteiger partial charge in [-0.25, -0.2) is 0 Å². The molecule has 2 fully saturated rings. The quantitative estimate of drug-likeness (QED) is 0.717. The van der Waals surface area contributed by atoms with Gasteiger partial charge in [-0.2, -0.15) is 13.2 Å². The lowest BCUT2D eigenvalue weighted by atomic mass is 10.1. The number of piperazine rings is 1. The molecular formula is C24H26F3N3O2. The van der Waals surface area contributed by atoms with Gasteiger partial charge in [0.1, 0.15) is 0 Å². The highest BCUT2D eigenvalue weighted by molar-refractivity contribution is 6.01. The summed E-state index contributed by atoms with van der Waals surface area (Å²) in [5.41, 5.74) is 2.72. The molecular weight excluding hydrogens is 419 g/mol. The summed E-state index contributed by atoms with van der Waals surface area (Å²) in [5, 5.41) is 0. The average molecular weight is 445 g/mol. The molecule has 1 atom stereocenters. The predicted octanol–water partition coefficient (Wildman–Crippen LogP) is 4.02. The van der Waals surface area contributed by atoms with Crippen molar-refractivity contribution in [1.82, 2.24) is 4.90 Å². The average Bonchev–Trinajstić information content (AvgIpc) is 3.16. The van der Waals surface area contributed by atoms with Crippen LogP contribution in [0, 0.1) is 19.8 Å². The molecule has 0 spiro atoms. The molecule has 2 aliphatic heterocycles. The third-order valence-electron chi connectivity index (χ3n) is 6.26. The van der Waals surface area contributed by atoms with Gasteiger partial charge in [0.05, 0.1) is 11.5 Å². The fourth-order valence-electron chi connectivity index (χ4n) is 4.44. The number of hydrogen-bond donors (Lipinski definition) is 0. The molecule has 170 valence electrons. The number of amides is 2. The number of hydrogen-bond acceptors (Lipinski definition) is 3. The normalized spacial score (nSPS) is 19.6. The van der Waals surface area contributed by atoms with Crippen molar-refractivity contribution in [2.24, 2.45) is 5.92 Å². The number of carbonyl (C=O) groups is 2. The second kappa shape index (κ2) is 8.48. The molecule has 0 aliphatic carbocycles. The van der Waals surface area contributed by atoms with E-state index in [0.717, 1.165) is 28.9 Å². The summed E-state index contributed by atoms with van der Waals surface area (Å²) in [4.78, 5) is 31.0. The van der Waals surface area contributed by atoms with Crippen LogP contribution >= 0.6 is 0 Å². The number of nitrogens with zero attached hydrogens (tertiary/aromatic N) is 3. The first-order chi connectivity index (χ1) is 15.1. The molecule has 8 heteroatoms. The van der Waals surface area contributed by atoms with Crippen molar-refractivity contribution in [2.75, 3.05) is 42.5 Å². The zero-order valence-electron chi connectivity index (χ0n) is 18.2. The van der Waals surface area contributed by atoms with Gasteiger partial charge in [0.15, 0.2) is 0 Å². The summed E-state index contributed by atoms with van der Waals surface area (Å²) in [7, 11) is 0. The maximum atomic E-state index is 13.1. The van der Waals surface area contributed by atoms with E-state index in [1.54, 1.807) is 15.9 Å². The highest BCUT2D eigenvalue weighted by atomic mass is 19.4. The lowest BCUT2D eigenvalue weighted by Gasteiger charge is -2.37. The number of carbonyl (C=O) groups excluding carboxylic acids is 2. The molecule has 0 aromatic heterocycles. The second-order valence-corrected chi connectivity index (χ2v) is 8.56. The summed E-state index contributed by atoms with van der Waals surface area (Å²) in [5.74, 6) is -0.517. The summed E-state index contributed by atoms with van der Waals surface area (Å²) < 4.78 is 39.0. The molecule has 1 unspecified atom stereocenters. The molecule has 0 N–H and O–H groups in total. The zero-order valence-corrected chi connectivity index (χ0v) is 18.2. The van der Waals surface area contributed by atoms with E-state index in [-0.39, 0.29) is 18.2 Å². The van der Waals surface area contributed by atoms with Crippen molar-refractivity contribution in [2.45, 2.75) is 26.4 Å². The Morgan fingerprint density at radius 3 is 2.41 bits per heavy atom. The van der Waals surface area contributed by atoms with Crippen molar-refractivity contribution in [3.8, 4) is 0 Å². The van der Waals surface area contributed by atoms with Gasteiger partial charge in [-0.3, -0.25) is 9.59 Å². The smallest absolute Gasteiger partial charge is 0.368 e. The topological polar surface area (TPSA) is 43.9 Å². The molecule has 2 aromatic rings. The van der Waals surface area contributed by atoms with Crippen LogP contribution in [0.15, 0.2) is 42.5 Å². The molecule has 2 aliphatic rings. The minimum atomic E-state index is -4.38. The molecule has 2 heterocycles. The van der Waals surface area contributed by atoms with E-state index in [9.17, 15) is 22.8 Å². The first kappa shape index (κ1) is 22.2. The number of halogens is 3. The Balaban J connectivity index is 1.39. The summed E-state index contributed by atoms with van der Waals surface area (Å²) in [6.07, 6.45) is -4.20. The van der Waals surface area contributed by atoms with Crippen LogP contribution in [0.25, 0.3) is 0 Å². The molecule has 2 amide bonds. The van der Waals surface area contributed by atoms with Crippen LogP contribution in [0.1, 0.15) is 23.1 Å². The van der Waals surface area contributed by atoms with E-state index in [2.05, 4.69) is 0 Å².